The Morgan fingerprint density at radius 3 is 2.70 bits per heavy atom. The summed E-state index contributed by atoms with van der Waals surface area (Å²) in [6, 6.07) is 5.90. The highest BCUT2D eigenvalue weighted by Gasteiger charge is 2.14. The van der Waals surface area contributed by atoms with E-state index < -0.39 is 0 Å². The molecule has 1 amide bonds. The minimum atomic E-state index is 0. The lowest BCUT2D eigenvalue weighted by molar-refractivity contribution is -0.116. The Bertz CT molecular complexity index is 424. The van der Waals surface area contributed by atoms with Gasteiger partial charge in [0.05, 0.1) is 6.61 Å². The van der Waals surface area contributed by atoms with E-state index in [1.807, 2.05) is 32.0 Å². The lowest BCUT2D eigenvalue weighted by atomic mass is 10.0. The number of carbonyl (C=O) groups excluding carboxylic acids is 1. The Morgan fingerprint density at radius 1 is 1.20 bits per heavy atom. The van der Waals surface area contributed by atoms with Crippen molar-refractivity contribution in [1.82, 2.24) is 0 Å². The van der Waals surface area contributed by atoms with E-state index in [1.165, 1.54) is 5.56 Å². The maximum Gasteiger partial charge on any atom is 0.224 e. The molecule has 0 spiro atoms. The van der Waals surface area contributed by atoms with Gasteiger partial charge in [0.1, 0.15) is 5.75 Å². The first-order chi connectivity index (χ1) is 9.79. The van der Waals surface area contributed by atoms with Gasteiger partial charge in [0.15, 0.2) is 0 Å². The zero-order valence-corrected chi connectivity index (χ0v) is 12.7. The second kappa shape index (κ2) is 9.37. The van der Waals surface area contributed by atoms with E-state index in [1.54, 1.807) is 7.11 Å². The maximum atomic E-state index is 11.3. The first-order valence-electron chi connectivity index (χ1n) is 7.34. The number of fused-ring (bicyclic) bond motifs is 1. The topological polar surface area (TPSA) is 47.6 Å². The van der Waals surface area contributed by atoms with Crippen molar-refractivity contribution < 1.29 is 15.7 Å². The number of nitrogens with one attached hydrogen (secondary N) is 1. The molecular weight excluding hydrogens is 254 g/mol. The van der Waals surface area contributed by atoms with Crippen molar-refractivity contribution >= 4 is 11.6 Å². The van der Waals surface area contributed by atoms with Crippen LogP contribution >= 0.6 is 0 Å². The van der Waals surface area contributed by atoms with Crippen molar-refractivity contribution in [3.05, 3.63) is 23.8 Å². The number of benzene rings is 1. The molecule has 114 valence electrons. The number of anilines is 1. The number of unbranched alkanes of at least 4 members (excludes halogenated alkanes) is 1. The summed E-state index contributed by atoms with van der Waals surface area (Å²) in [5, 5.41) is 2.87. The maximum absolute atomic E-state index is 11.3. The standard InChI is InChI=1S/C14H19NO3.C2H6.H2/c1-17-8-2-3-9-18-12-6-4-11-5-7-14(16)15-13(11)10-12;1-2;/h4,6,10H,2-3,5,7-9H2,1H3,(H,15,16);1-2H3;1H. The molecule has 4 heteroatoms. The summed E-state index contributed by atoms with van der Waals surface area (Å²) in [6.07, 6.45) is 3.36. The molecule has 0 aromatic heterocycles. The summed E-state index contributed by atoms with van der Waals surface area (Å²) in [5.41, 5.74) is 2.07. The molecular formula is C16H27NO3. The van der Waals surface area contributed by atoms with Crippen LogP contribution in [0.5, 0.6) is 5.75 Å². The van der Waals surface area contributed by atoms with E-state index in [4.69, 9.17) is 9.47 Å². The van der Waals surface area contributed by atoms with Crippen molar-refractivity contribution in [2.24, 2.45) is 0 Å². The van der Waals surface area contributed by atoms with E-state index in [9.17, 15) is 4.79 Å². The fourth-order valence-electron chi connectivity index (χ4n) is 1.98. The van der Waals surface area contributed by atoms with Crippen LogP contribution in [-0.2, 0) is 16.0 Å². The molecule has 0 radical (unpaired) electrons. The van der Waals surface area contributed by atoms with Crippen molar-refractivity contribution in [2.75, 3.05) is 25.6 Å². The van der Waals surface area contributed by atoms with Crippen molar-refractivity contribution in [3.8, 4) is 5.75 Å². The summed E-state index contributed by atoms with van der Waals surface area (Å²) < 4.78 is 10.6. The smallest absolute Gasteiger partial charge is 0.224 e. The van der Waals surface area contributed by atoms with E-state index in [0.717, 1.165) is 37.3 Å². The zero-order valence-electron chi connectivity index (χ0n) is 12.7. The summed E-state index contributed by atoms with van der Waals surface area (Å²) in [7, 11) is 1.70. The Balaban J connectivity index is 0.00000128. The van der Waals surface area contributed by atoms with E-state index in [2.05, 4.69) is 5.32 Å². The van der Waals surface area contributed by atoms with E-state index >= 15 is 0 Å². The Labute approximate surface area is 123 Å². The molecule has 0 unspecified atom stereocenters. The number of hydrogen-bond donors (Lipinski definition) is 1. The van der Waals surface area contributed by atoms with Gasteiger partial charge in [-0.2, -0.15) is 0 Å². The van der Waals surface area contributed by atoms with Crippen LogP contribution in [0.25, 0.3) is 0 Å². The summed E-state index contributed by atoms with van der Waals surface area (Å²) in [4.78, 5) is 11.3. The second-order valence-corrected chi connectivity index (χ2v) is 4.42. The van der Waals surface area contributed by atoms with Crippen LogP contribution in [0.1, 0.15) is 40.1 Å². The zero-order chi connectivity index (χ0) is 14.8. The minimum Gasteiger partial charge on any atom is -0.494 e. The van der Waals surface area contributed by atoms with Gasteiger partial charge >= 0.3 is 0 Å². The average molecular weight is 281 g/mol. The third kappa shape index (κ3) is 5.21. The van der Waals surface area contributed by atoms with Gasteiger partial charge < -0.3 is 14.8 Å². The van der Waals surface area contributed by atoms with Crippen LogP contribution in [0.15, 0.2) is 18.2 Å². The Kier molecular flexibility index (Phi) is 7.73. The van der Waals surface area contributed by atoms with Crippen LogP contribution in [0.2, 0.25) is 0 Å². The SMILES string of the molecule is CC.COCCCCOc1ccc2c(c1)NC(=O)CC2.[HH]. The van der Waals surface area contributed by atoms with Gasteiger partial charge in [0.2, 0.25) is 5.91 Å². The molecule has 0 fully saturated rings. The highest BCUT2D eigenvalue weighted by atomic mass is 16.5. The largest absolute Gasteiger partial charge is 0.494 e. The molecule has 1 aromatic rings. The number of rotatable bonds is 6. The second-order valence-electron chi connectivity index (χ2n) is 4.42. The lowest BCUT2D eigenvalue weighted by Gasteiger charge is -2.17. The van der Waals surface area contributed by atoms with Gasteiger partial charge in [-0.25, -0.2) is 0 Å². The van der Waals surface area contributed by atoms with Crippen LogP contribution in [-0.4, -0.2) is 26.2 Å². The lowest BCUT2D eigenvalue weighted by Crippen LogP contribution is -2.18. The molecule has 4 nitrogen and oxygen atoms in total. The predicted molar refractivity (Wildman–Crippen MR) is 83.5 cm³/mol. The highest BCUT2D eigenvalue weighted by Crippen LogP contribution is 2.27. The molecule has 1 aliphatic rings. The number of ether oxygens (including phenoxy) is 2. The molecule has 0 atom stereocenters. The molecule has 0 saturated carbocycles. The fourth-order valence-corrected chi connectivity index (χ4v) is 1.98. The van der Waals surface area contributed by atoms with Crippen molar-refractivity contribution in [1.29, 1.82) is 0 Å². The third-order valence-corrected chi connectivity index (χ3v) is 2.99. The Morgan fingerprint density at radius 2 is 1.95 bits per heavy atom. The number of hydrogen-bond acceptors (Lipinski definition) is 3. The van der Waals surface area contributed by atoms with Crippen molar-refractivity contribution in [3.63, 3.8) is 0 Å². The van der Waals surface area contributed by atoms with E-state index in [0.29, 0.717) is 13.0 Å². The first-order valence-corrected chi connectivity index (χ1v) is 7.34. The highest BCUT2D eigenvalue weighted by molar-refractivity contribution is 5.94. The normalized spacial score (nSPS) is 12.8. The summed E-state index contributed by atoms with van der Waals surface area (Å²) in [5.74, 6) is 0.896. The predicted octanol–water partition coefficient (Wildman–Crippen LogP) is 3.65. The van der Waals surface area contributed by atoms with Gasteiger partial charge in [-0.15, -0.1) is 0 Å². The average Bonchev–Trinajstić information content (AvgIpc) is 2.48. The van der Waals surface area contributed by atoms with E-state index in [-0.39, 0.29) is 7.33 Å². The third-order valence-electron chi connectivity index (χ3n) is 2.99. The number of methoxy groups -OCH3 is 1. The van der Waals surface area contributed by atoms with Crippen LogP contribution in [0.3, 0.4) is 0 Å². The molecule has 2 rings (SSSR count). The molecule has 0 saturated heterocycles. The van der Waals surface area contributed by atoms with Crippen LogP contribution in [0.4, 0.5) is 5.69 Å². The van der Waals surface area contributed by atoms with Gasteiger partial charge in [-0.3, -0.25) is 4.79 Å². The molecule has 1 aromatic carbocycles. The number of amides is 1. The minimum absolute atomic E-state index is 0. The van der Waals surface area contributed by atoms with Gasteiger partial charge in [-0.05, 0) is 30.9 Å². The van der Waals surface area contributed by atoms with Gasteiger partial charge in [0, 0.05) is 33.3 Å². The molecule has 1 aliphatic heterocycles. The van der Waals surface area contributed by atoms with Crippen molar-refractivity contribution in [2.45, 2.75) is 39.5 Å². The van der Waals surface area contributed by atoms with Gasteiger partial charge in [0.25, 0.3) is 0 Å². The van der Waals surface area contributed by atoms with Crippen LogP contribution in [0, 0.1) is 0 Å². The number of carbonyl (C=O) groups is 1. The quantitative estimate of drug-likeness (QED) is 0.810. The molecule has 20 heavy (non-hydrogen) atoms. The first kappa shape index (κ1) is 16.5. The summed E-state index contributed by atoms with van der Waals surface area (Å²) in [6.45, 7) is 5.44. The molecule has 1 heterocycles. The van der Waals surface area contributed by atoms with Gasteiger partial charge in [-0.1, -0.05) is 19.9 Å². The Hall–Kier alpha value is -1.55. The summed E-state index contributed by atoms with van der Waals surface area (Å²) >= 11 is 0. The molecule has 0 bridgehead atoms. The monoisotopic (exact) mass is 281 g/mol. The molecule has 1 N–H and O–H groups in total. The number of aryl methyl sites for hydroxylation is 1. The molecule has 0 aliphatic carbocycles. The fraction of sp³-hybridized carbons (Fsp3) is 0.562. The van der Waals surface area contributed by atoms with Crippen LogP contribution < -0.4 is 10.1 Å².